The molecular formula is C25H32N4O4S2. The van der Waals surface area contributed by atoms with E-state index in [1.165, 1.54) is 0 Å². The average Bonchev–Trinajstić information content (AvgIpc) is 2.92. The maximum atomic E-state index is 11.8. The quantitative estimate of drug-likeness (QED) is 0.465. The van der Waals surface area contributed by atoms with Crippen molar-refractivity contribution in [3.8, 4) is 0 Å². The molecular weight excluding hydrogens is 484 g/mol. The van der Waals surface area contributed by atoms with Crippen LogP contribution >= 0.6 is 24.4 Å². The minimum absolute atomic E-state index is 0. The van der Waals surface area contributed by atoms with Crippen LogP contribution in [0.1, 0.15) is 28.1 Å². The third-order valence-electron chi connectivity index (χ3n) is 4.57. The number of hydrogen-bond acceptors (Lipinski definition) is 7. The lowest BCUT2D eigenvalue weighted by Crippen LogP contribution is -2.47. The molecule has 2 aromatic carbocycles. The van der Waals surface area contributed by atoms with E-state index in [1.54, 1.807) is 36.4 Å². The highest BCUT2D eigenvalue weighted by atomic mass is 32.1. The normalized spacial score (nSPS) is 14.2. The third-order valence-corrected chi connectivity index (χ3v) is 5.02. The van der Waals surface area contributed by atoms with Crippen LogP contribution in [0.2, 0.25) is 0 Å². The van der Waals surface area contributed by atoms with E-state index in [-0.39, 0.29) is 19.2 Å². The Bertz CT molecular complexity index is 933. The number of isothiocyanates is 1. The van der Waals surface area contributed by atoms with Gasteiger partial charge in [0.1, 0.15) is 0 Å². The molecule has 0 spiro atoms. The second-order valence-electron chi connectivity index (χ2n) is 6.96. The lowest BCUT2D eigenvalue weighted by molar-refractivity contribution is 0.0669. The van der Waals surface area contributed by atoms with Crippen LogP contribution in [0.25, 0.3) is 0 Å². The summed E-state index contributed by atoms with van der Waals surface area (Å²) in [6.45, 7) is 6.60. The number of carbonyl (C=O) groups is 2. The van der Waals surface area contributed by atoms with Crippen molar-refractivity contribution in [1.82, 2.24) is 15.5 Å². The van der Waals surface area contributed by atoms with Crippen LogP contribution in [0.15, 0.2) is 65.7 Å². The second kappa shape index (κ2) is 18.5. The van der Waals surface area contributed by atoms with Crippen molar-refractivity contribution in [3.63, 3.8) is 0 Å². The summed E-state index contributed by atoms with van der Waals surface area (Å²) in [4.78, 5) is 28.1. The summed E-state index contributed by atoms with van der Waals surface area (Å²) in [7, 11) is 0. The van der Waals surface area contributed by atoms with E-state index in [1.807, 2.05) is 34.3 Å². The van der Waals surface area contributed by atoms with Gasteiger partial charge in [0, 0.05) is 37.3 Å². The van der Waals surface area contributed by atoms with Gasteiger partial charge in [0.05, 0.1) is 31.6 Å². The summed E-state index contributed by atoms with van der Waals surface area (Å²) in [6.07, 6.45) is 0. The standard InChI is InChI=1S/C12H14N2O2S.C8H5NOS.C4H9NO.CH4/c15-11(10-4-2-1-3-5-10)13-12(17)14-6-8-16-9-7-14;10-8(9-6-11)7-4-2-1-3-5-7;1-3-6-4-2-5-1;/h1-5H,6-9H2,(H,13,15,17);1-5H;5H,1-4H2;1H4. The maximum Gasteiger partial charge on any atom is 0.285 e. The van der Waals surface area contributed by atoms with Crippen LogP contribution in [0.3, 0.4) is 0 Å². The molecule has 2 aliphatic heterocycles. The van der Waals surface area contributed by atoms with E-state index >= 15 is 0 Å². The molecule has 0 aliphatic carbocycles. The third kappa shape index (κ3) is 12.4. The van der Waals surface area contributed by atoms with Crippen molar-refractivity contribution >= 4 is 46.5 Å². The molecule has 188 valence electrons. The predicted octanol–water partition coefficient (Wildman–Crippen LogP) is 3.21. The molecule has 0 bridgehead atoms. The van der Waals surface area contributed by atoms with E-state index in [0.717, 1.165) is 39.4 Å². The van der Waals surface area contributed by atoms with E-state index in [0.29, 0.717) is 29.5 Å². The molecule has 2 N–H and O–H groups in total. The molecule has 8 nitrogen and oxygen atoms in total. The first-order valence-corrected chi connectivity index (χ1v) is 11.6. The van der Waals surface area contributed by atoms with E-state index in [9.17, 15) is 9.59 Å². The van der Waals surface area contributed by atoms with E-state index < -0.39 is 0 Å². The molecule has 2 fully saturated rings. The van der Waals surface area contributed by atoms with Crippen LogP contribution in [0.4, 0.5) is 0 Å². The summed E-state index contributed by atoms with van der Waals surface area (Å²) in [5.41, 5.74) is 1.15. The van der Waals surface area contributed by atoms with Crippen LogP contribution in [-0.2, 0) is 9.47 Å². The number of thiocarbonyl (C=S) groups is 2. The van der Waals surface area contributed by atoms with Gasteiger partial charge in [-0.05, 0) is 48.7 Å². The number of nitrogens with zero attached hydrogens (tertiary/aromatic N) is 2. The lowest BCUT2D eigenvalue weighted by Gasteiger charge is -2.28. The molecule has 0 atom stereocenters. The maximum absolute atomic E-state index is 11.8. The number of rotatable bonds is 2. The van der Waals surface area contributed by atoms with Gasteiger partial charge in [-0.1, -0.05) is 43.8 Å². The molecule has 35 heavy (non-hydrogen) atoms. The smallest absolute Gasteiger partial charge is 0.285 e. The van der Waals surface area contributed by atoms with Gasteiger partial charge >= 0.3 is 0 Å². The van der Waals surface area contributed by atoms with Gasteiger partial charge in [-0.2, -0.15) is 4.99 Å². The molecule has 0 unspecified atom stereocenters. The Hall–Kier alpha value is -2.85. The van der Waals surface area contributed by atoms with Gasteiger partial charge in [0.25, 0.3) is 11.8 Å². The zero-order valence-corrected chi connectivity index (χ0v) is 20.4. The molecule has 0 saturated carbocycles. The predicted molar refractivity (Wildman–Crippen MR) is 145 cm³/mol. The molecule has 0 aromatic heterocycles. The van der Waals surface area contributed by atoms with E-state index in [2.05, 4.69) is 27.8 Å². The van der Waals surface area contributed by atoms with Crippen LogP contribution in [0.5, 0.6) is 0 Å². The molecule has 4 rings (SSSR count). The minimum Gasteiger partial charge on any atom is -0.379 e. The van der Waals surface area contributed by atoms with Gasteiger partial charge < -0.3 is 19.7 Å². The van der Waals surface area contributed by atoms with Gasteiger partial charge in [-0.3, -0.25) is 14.9 Å². The minimum atomic E-state index is -0.347. The highest BCUT2D eigenvalue weighted by Crippen LogP contribution is 2.01. The fraction of sp³-hybridized carbons (Fsp3) is 0.360. The van der Waals surface area contributed by atoms with Crippen molar-refractivity contribution in [1.29, 1.82) is 0 Å². The number of morpholine rings is 2. The largest absolute Gasteiger partial charge is 0.379 e. The Morgan fingerprint density at radius 3 is 1.86 bits per heavy atom. The van der Waals surface area contributed by atoms with Gasteiger partial charge in [0.15, 0.2) is 5.11 Å². The Morgan fingerprint density at radius 2 is 1.40 bits per heavy atom. The zero-order valence-electron chi connectivity index (χ0n) is 18.8. The molecule has 2 saturated heterocycles. The number of hydrogen-bond donors (Lipinski definition) is 2. The molecule has 2 aromatic rings. The van der Waals surface area contributed by atoms with Crippen molar-refractivity contribution in [2.75, 3.05) is 52.6 Å². The van der Waals surface area contributed by atoms with Gasteiger partial charge in [0.2, 0.25) is 0 Å². The van der Waals surface area contributed by atoms with Crippen molar-refractivity contribution in [2.45, 2.75) is 7.43 Å². The monoisotopic (exact) mass is 516 g/mol. The number of amides is 2. The topological polar surface area (TPSA) is 92.3 Å². The number of aliphatic imine (C=N–C) groups is 1. The summed E-state index contributed by atoms with van der Waals surface area (Å²) >= 11 is 9.48. The second-order valence-corrected chi connectivity index (χ2v) is 7.53. The highest BCUT2D eigenvalue weighted by molar-refractivity contribution is 7.80. The van der Waals surface area contributed by atoms with Crippen LogP contribution in [-0.4, -0.2) is 79.6 Å². The zero-order chi connectivity index (χ0) is 24.4. The first-order chi connectivity index (χ1) is 16.6. The first-order valence-electron chi connectivity index (χ1n) is 10.8. The molecule has 2 amide bonds. The highest BCUT2D eigenvalue weighted by Gasteiger charge is 2.16. The Balaban J connectivity index is 0.000000291. The molecule has 0 radical (unpaired) electrons. The van der Waals surface area contributed by atoms with Crippen molar-refractivity contribution < 1.29 is 19.1 Å². The summed E-state index contributed by atoms with van der Waals surface area (Å²) < 4.78 is 10.2. The molecule has 10 heteroatoms. The lowest BCUT2D eigenvalue weighted by atomic mass is 10.2. The fourth-order valence-electron chi connectivity index (χ4n) is 2.81. The Morgan fingerprint density at radius 1 is 0.886 bits per heavy atom. The number of ether oxygens (including phenoxy) is 2. The number of nitrogens with one attached hydrogen (secondary N) is 2. The first kappa shape index (κ1) is 30.2. The van der Waals surface area contributed by atoms with Crippen molar-refractivity contribution in [3.05, 3.63) is 71.8 Å². The van der Waals surface area contributed by atoms with Gasteiger partial charge in [-0.15, -0.1) is 0 Å². The Labute approximate surface area is 217 Å². The van der Waals surface area contributed by atoms with Crippen molar-refractivity contribution in [2.24, 2.45) is 4.99 Å². The Kier molecular flexibility index (Phi) is 15.9. The van der Waals surface area contributed by atoms with Crippen LogP contribution < -0.4 is 10.6 Å². The number of carbonyl (C=O) groups excluding carboxylic acids is 2. The van der Waals surface area contributed by atoms with E-state index in [4.69, 9.17) is 21.7 Å². The summed E-state index contributed by atoms with van der Waals surface area (Å²) in [5, 5.41) is 8.39. The SMILES string of the molecule is C.C1COCCN1.O=C(N=C=S)c1ccccc1.O=C(NC(=S)N1CCOCC1)c1ccccc1. The summed E-state index contributed by atoms with van der Waals surface area (Å²) in [5.74, 6) is -0.511. The number of benzene rings is 2. The fourth-order valence-corrected chi connectivity index (χ4v) is 3.16. The van der Waals surface area contributed by atoms with Crippen LogP contribution in [0, 0.1) is 0 Å². The van der Waals surface area contributed by atoms with Gasteiger partial charge in [-0.25, -0.2) is 0 Å². The molecule has 2 heterocycles. The average molecular weight is 517 g/mol. The molecule has 2 aliphatic rings. The summed E-state index contributed by atoms with van der Waals surface area (Å²) in [6, 6.07) is 17.8.